The second kappa shape index (κ2) is 6.55. The van der Waals surface area contributed by atoms with Crippen LogP contribution in [0.4, 0.5) is 0 Å². The number of H-pyrrole nitrogens is 1. The number of thiazole rings is 1. The lowest BCUT2D eigenvalue weighted by Gasteiger charge is -2.31. The van der Waals surface area contributed by atoms with Crippen LogP contribution in [0.1, 0.15) is 30.1 Å². The van der Waals surface area contributed by atoms with E-state index < -0.39 is 0 Å². The Morgan fingerprint density at radius 1 is 1.09 bits per heavy atom. The first kappa shape index (κ1) is 14.5. The van der Waals surface area contributed by atoms with E-state index in [1.807, 2.05) is 11.7 Å². The van der Waals surface area contributed by atoms with E-state index in [1.54, 1.807) is 29.9 Å². The average Bonchev–Trinajstić information content (AvgIpc) is 3.29. The van der Waals surface area contributed by atoms with Crippen molar-refractivity contribution in [3.63, 3.8) is 0 Å². The number of hydrogen-bond acceptors (Lipinski definition) is 6. The maximum atomic E-state index is 4.61. The van der Waals surface area contributed by atoms with E-state index in [4.69, 9.17) is 0 Å². The third-order valence-corrected chi connectivity index (χ3v) is 4.93. The maximum Gasteiger partial charge on any atom is 0.157 e. The highest BCUT2D eigenvalue weighted by molar-refractivity contribution is 7.07. The Hall–Kier alpha value is -2.12. The fourth-order valence-corrected chi connectivity index (χ4v) is 3.68. The third kappa shape index (κ3) is 3.16. The number of hydrogen-bond donors (Lipinski definition) is 1. The summed E-state index contributed by atoms with van der Waals surface area (Å²) in [6.07, 6.45) is 9.28. The Labute approximate surface area is 138 Å². The van der Waals surface area contributed by atoms with Crippen LogP contribution in [-0.2, 0) is 6.54 Å². The highest BCUT2D eigenvalue weighted by Gasteiger charge is 2.25. The topological polar surface area (TPSA) is 70.6 Å². The van der Waals surface area contributed by atoms with Gasteiger partial charge in [-0.3, -0.25) is 9.88 Å². The number of piperidine rings is 1. The zero-order chi connectivity index (χ0) is 15.5. The molecule has 1 aliphatic heterocycles. The van der Waals surface area contributed by atoms with Crippen LogP contribution in [0, 0.1) is 0 Å². The van der Waals surface area contributed by atoms with Gasteiger partial charge in [-0.15, -0.1) is 11.3 Å². The number of rotatable bonds is 4. The smallest absolute Gasteiger partial charge is 0.157 e. The predicted octanol–water partition coefficient (Wildman–Crippen LogP) is 2.70. The van der Waals surface area contributed by atoms with Gasteiger partial charge in [0.2, 0.25) is 0 Å². The molecule has 1 aliphatic rings. The zero-order valence-corrected chi connectivity index (χ0v) is 13.5. The van der Waals surface area contributed by atoms with Crippen LogP contribution >= 0.6 is 11.3 Å². The van der Waals surface area contributed by atoms with Gasteiger partial charge in [-0.2, -0.15) is 0 Å². The van der Waals surface area contributed by atoms with Gasteiger partial charge in [0.25, 0.3) is 0 Å². The minimum atomic E-state index is 0.440. The largest absolute Gasteiger partial charge is 0.343 e. The number of aromatic nitrogens is 5. The van der Waals surface area contributed by atoms with Crippen LogP contribution in [0.25, 0.3) is 11.5 Å². The molecular weight excluding hydrogens is 308 g/mol. The molecule has 3 aromatic heterocycles. The molecule has 23 heavy (non-hydrogen) atoms. The highest BCUT2D eigenvalue weighted by atomic mass is 32.1. The summed E-state index contributed by atoms with van der Waals surface area (Å²) in [6, 6.07) is 0. The van der Waals surface area contributed by atoms with E-state index in [0.717, 1.165) is 49.7 Å². The molecular formula is C16H18N6S. The molecule has 6 nitrogen and oxygen atoms in total. The summed E-state index contributed by atoms with van der Waals surface area (Å²) in [5, 5.41) is 2.13. The molecule has 118 valence electrons. The van der Waals surface area contributed by atoms with Crippen molar-refractivity contribution in [1.82, 2.24) is 29.8 Å². The SMILES string of the molecule is c1c[nH]c(-c2nccnc2C2CCN(Cc3cscn3)CC2)n1. The van der Waals surface area contributed by atoms with E-state index in [2.05, 4.69) is 35.2 Å². The minimum absolute atomic E-state index is 0.440. The third-order valence-electron chi connectivity index (χ3n) is 4.29. The van der Waals surface area contributed by atoms with Gasteiger partial charge in [0, 0.05) is 42.6 Å². The Bertz CT molecular complexity index is 732. The molecule has 0 unspecified atom stereocenters. The molecule has 0 atom stereocenters. The van der Waals surface area contributed by atoms with Gasteiger partial charge in [0.15, 0.2) is 5.82 Å². The van der Waals surface area contributed by atoms with Crippen LogP contribution in [0.5, 0.6) is 0 Å². The first-order valence-corrected chi connectivity index (χ1v) is 8.74. The Morgan fingerprint density at radius 2 is 1.96 bits per heavy atom. The van der Waals surface area contributed by atoms with Crippen molar-refractivity contribution >= 4 is 11.3 Å². The summed E-state index contributed by atoms with van der Waals surface area (Å²) >= 11 is 1.66. The van der Waals surface area contributed by atoms with E-state index in [-0.39, 0.29) is 0 Å². The van der Waals surface area contributed by atoms with Gasteiger partial charge >= 0.3 is 0 Å². The minimum Gasteiger partial charge on any atom is -0.343 e. The molecule has 0 aliphatic carbocycles. The lowest BCUT2D eigenvalue weighted by atomic mass is 9.91. The molecule has 0 spiro atoms. The molecule has 0 aromatic carbocycles. The number of likely N-dealkylation sites (tertiary alicyclic amines) is 1. The van der Waals surface area contributed by atoms with Crippen molar-refractivity contribution in [1.29, 1.82) is 0 Å². The lowest BCUT2D eigenvalue weighted by Crippen LogP contribution is -2.33. The number of nitrogens with zero attached hydrogens (tertiary/aromatic N) is 5. The Balaban J connectivity index is 1.47. The second-order valence-electron chi connectivity index (χ2n) is 5.76. The van der Waals surface area contributed by atoms with Crippen LogP contribution in [0.2, 0.25) is 0 Å². The van der Waals surface area contributed by atoms with Crippen molar-refractivity contribution in [3.05, 3.63) is 47.1 Å². The van der Waals surface area contributed by atoms with Crippen molar-refractivity contribution in [2.75, 3.05) is 13.1 Å². The van der Waals surface area contributed by atoms with E-state index in [9.17, 15) is 0 Å². The van der Waals surface area contributed by atoms with Gasteiger partial charge in [-0.05, 0) is 25.9 Å². The summed E-state index contributed by atoms with van der Waals surface area (Å²) in [5.41, 5.74) is 5.02. The van der Waals surface area contributed by atoms with Gasteiger partial charge < -0.3 is 4.98 Å². The lowest BCUT2D eigenvalue weighted by molar-refractivity contribution is 0.201. The molecule has 1 saturated heterocycles. The van der Waals surface area contributed by atoms with Gasteiger partial charge in [-0.1, -0.05) is 0 Å². The van der Waals surface area contributed by atoms with Crippen molar-refractivity contribution < 1.29 is 0 Å². The van der Waals surface area contributed by atoms with Crippen molar-refractivity contribution in [3.8, 4) is 11.5 Å². The fourth-order valence-electron chi connectivity index (χ4n) is 3.13. The van der Waals surface area contributed by atoms with Crippen LogP contribution in [0.15, 0.2) is 35.7 Å². The summed E-state index contributed by atoms with van der Waals surface area (Å²) in [4.78, 5) is 23.4. The standard InChI is InChI=1S/C16H18N6S/c1-7-22(9-13-10-23-11-21-13)8-2-12(1)14-15(18-4-3-17-14)16-19-5-6-20-16/h3-6,10-12H,1-2,7-9H2,(H,19,20). The molecule has 0 saturated carbocycles. The van der Waals surface area contributed by atoms with Crippen molar-refractivity contribution in [2.24, 2.45) is 0 Å². The summed E-state index contributed by atoms with van der Waals surface area (Å²) in [6.45, 7) is 3.08. The number of aromatic amines is 1. The first-order chi connectivity index (χ1) is 11.4. The van der Waals surface area contributed by atoms with Gasteiger partial charge in [0.1, 0.15) is 5.69 Å². The van der Waals surface area contributed by atoms with Crippen molar-refractivity contribution in [2.45, 2.75) is 25.3 Å². The van der Waals surface area contributed by atoms with E-state index in [1.165, 1.54) is 5.69 Å². The predicted molar refractivity (Wildman–Crippen MR) is 89.0 cm³/mol. The van der Waals surface area contributed by atoms with Crippen LogP contribution in [-0.4, -0.2) is 42.9 Å². The monoisotopic (exact) mass is 326 g/mol. The highest BCUT2D eigenvalue weighted by Crippen LogP contribution is 2.31. The van der Waals surface area contributed by atoms with Gasteiger partial charge in [0.05, 0.1) is 16.9 Å². The maximum absolute atomic E-state index is 4.61. The summed E-state index contributed by atoms with van der Waals surface area (Å²) in [7, 11) is 0. The van der Waals surface area contributed by atoms with Crippen LogP contribution < -0.4 is 0 Å². The molecule has 4 rings (SSSR count). The summed E-state index contributed by atoms with van der Waals surface area (Å²) < 4.78 is 0. The normalized spacial score (nSPS) is 16.7. The fraction of sp³-hybridized carbons (Fsp3) is 0.375. The zero-order valence-electron chi connectivity index (χ0n) is 12.7. The molecule has 1 fully saturated rings. The number of nitrogens with one attached hydrogen (secondary N) is 1. The molecule has 3 aromatic rings. The molecule has 0 bridgehead atoms. The van der Waals surface area contributed by atoms with E-state index >= 15 is 0 Å². The Kier molecular flexibility index (Phi) is 4.12. The molecule has 0 amide bonds. The number of imidazole rings is 1. The van der Waals surface area contributed by atoms with E-state index in [0.29, 0.717) is 5.92 Å². The molecule has 4 heterocycles. The molecule has 1 N–H and O–H groups in total. The Morgan fingerprint density at radius 3 is 2.70 bits per heavy atom. The van der Waals surface area contributed by atoms with Gasteiger partial charge in [-0.25, -0.2) is 15.0 Å². The average molecular weight is 326 g/mol. The quantitative estimate of drug-likeness (QED) is 0.798. The first-order valence-electron chi connectivity index (χ1n) is 7.80. The second-order valence-corrected chi connectivity index (χ2v) is 6.48. The summed E-state index contributed by atoms with van der Waals surface area (Å²) in [5.74, 6) is 1.24. The molecule has 0 radical (unpaired) electrons. The van der Waals surface area contributed by atoms with Crippen LogP contribution in [0.3, 0.4) is 0 Å². The molecule has 7 heteroatoms.